The van der Waals surface area contributed by atoms with Gasteiger partial charge in [-0.15, -0.1) is 0 Å². The predicted octanol–water partition coefficient (Wildman–Crippen LogP) is 5.33. The van der Waals surface area contributed by atoms with Gasteiger partial charge >= 0.3 is 0 Å². The summed E-state index contributed by atoms with van der Waals surface area (Å²) in [6.45, 7) is 6.89. The van der Waals surface area contributed by atoms with Crippen LogP contribution in [0.15, 0.2) is 79.0 Å². The maximum atomic E-state index is 13.1. The molecule has 3 heterocycles. The molecule has 2 aliphatic rings. The fourth-order valence-electron chi connectivity index (χ4n) is 5.30. The summed E-state index contributed by atoms with van der Waals surface area (Å²) in [5.41, 5.74) is 12.1. The normalized spacial score (nSPS) is 15.1. The molecule has 6 rings (SSSR count). The van der Waals surface area contributed by atoms with Gasteiger partial charge in [0.05, 0.1) is 11.9 Å². The van der Waals surface area contributed by atoms with E-state index >= 15 is 0 Å². The van der Waals surface area contributed by atoms with Crippen LogP contribution >= 0.6 is 0 Å². The molecular formula is C32H33N5O3. The third-order valence-corrected chi connectivity index (χ3v) is 7.51. The molecule has 0 radical (unpaired) electrons. The molecule has 4 aromatic rings. The second kappa shape index (κ2) is 11.3. The number of rotatable bonds is 6. The molecule has 1 amide bonds. The molecule has 3 aromatic carbocycles. The van der Waals surface area contributed by atoms with Gasteiger partial charge in [0.2, 0.25) is 6.79 Å². The Kier molecular flexibility index (Phi) is 7.25. The third kappa shape index (κ3) is 5.58. The fourth-order valence-corrected chi connectivity index (χ4v) is 5.30. The number of pyridine rings is 1. The van der Waals surface area contributed by atoms with Gasteiger partial charge in [0.15, 0.2) is 11.5 Å². The number of para-hydroxylation sites is 1. The molecule has 0 spiro atoms. The number of amides is 1. The number of anilines is 3. The molecule has 1 saturated heterocycles. The van der Waals surface area contributed by atoms with Gasteiger partial charge in [-0.3, -0.25) is 9.69 Å². The van der Waals surface area contributed by atoms with Crippen LogP contribution in [-0.2, 0) is 6.54 Å². The quantitative estimate of drug-likeness (QED) is 0.322. The Bertz CT molecular complexity index is 1500. The minimum atomic E-state index is -0.168. The summed E-state index contributed by atoms with van der Waals surface area (Å²) in [4.78, 5) is 22.5. The third-order valence-electron chi connectivity index (χ3n) is 7.51. The molecule has 1 aromatic heterocycles. The van der Waals surface area contributed by atoms with E-state index in [9.17, 15) is 4.79 Å². The Labute approximate surface area is 234 Å². The van der Waals surface area contributed by atoms with Crippen LogP contribution in [0.2, 0.25) is 0 Å². The van der Waals surface area contributed by atoms with Crippen LogP contribution < -0.4 is 25.4 Å². The number of carbonyl (C=O) groups excluding carboxylic acids is 1. The molecule has 0 aliphatic carbocycles. The number of carbonyl (C=O) groups is 1. The molecule has 8 nitrogen and oxygen atoms in total. The Balaban J connectivity index is 1.07. The highest BCUT2D eigenvalue weighted by molar-refractivity contribution is 6.05. The second-order valence-corrected chi connectivity index (χ2v) is 10.3. The van der Waals surface area contributed by atoms with E-state index in [2.05, 4.69) is 26.2 Å². The van der Waals surface area contributed by atoms with Crippen molar-refractivity contribution in [1.82, 2.24) is 9.88 Å². The lowest BCUT2D eigenvalue weighted by Crippen LogP contribution is -2.31. The summed E-state index contributed by atoms with van der Waals surface area (Å²) in [6, 6.07) is 23.4. The molecule has 40 heavy (non-hydrogen) atoms. The molecule has 2 aliphatic heterocycles. The van der Waals surface area contributed by atoms with E-state index in [1.54, 1.807) is 6.20 Å². The maximum Gasteiger partial charge on any atom is 0.255 e. The van der Waals surface area contributed by atoms with Gasteiger partial charge < -0.3 is 25.4 Å². The number of nitrogens with zero attached hydrogens (tertiary/aromatic N) is 3. The number of fused-ring (bicyclic) bond motifs is 1. The highest BCUT2D eigenvalue weighted by Gasteiger charge is 2.21. The number of aromatic nitrogens is 1. The SMILES string of the molecule is Cc1ccc(C(=O)Nc2ccc(N3CCCN(Cc4cccc5c4OCO5)CC3)nc2)cc1-c1ccc(N)cc1. The number of ether oxygens (including phenoxy) is 2. The number of nitrogen functional groups attached to an aromatic ring is 1. The zero-order valence-electron chi connectivity index (χ0n) is 22.6. The summed E-state index contributed by atoms with van der Waals surface area (Å²) in [5.74, 6) is 2.45. The van der Waals surface area contributed by atoms with Crippen molar-refractivity contribution in [3.8, 4) is 22.6 Å². The van der Waals surface area contributed by atoms with Gasteiger partial charge in [0, 0.05) is 49.5 Å². The number of benzene rings is 3. The van der Waals surface area contributed by atoms with E-state index in [-0.39, 0.29) is 12.7 Å². The zero-order valence-corrected chi connectivity index (χ0v) is 22.6. The van der Waals surface area contributed by atoms with E-state index in [0.717, 1.165) is 78.7 Å². The van der Waals surface area contributed by atoms with Gasteiger partial charge in [0.25, 0.3) is 5.91 Å². The van der Waals surface area contributed by atoms with Gasteiger partial charge in [-0.2, -0.15) is 0 Å². The molecule has 0 bridgehead atoms. The molecule has 3 N–H and O–H groups in total. The lowest BCUT2D eigenvalue weighted by molar-refractivity contribution is 0.102. The van der Waals surface area contributed by atoms with Crippen molar-refractivity contribution in [2.24, 2.45) is 0 Å². The summed E-state index contributed by atoms with van der Waals surface area (Å²) >= 11 is 0. The van der Waals surface area contributed by atoms with E-state index in [0.29, 0.717) is 16.9 Å². The van der Waals surface area contributed by atoms with Crippen molar-refractivity contribution < 1.29 is 14.3 Å². The number of nitrogens with one attached hydrogen (secondary N) is 1. The van der Waals surface area contributed by atoms with E-state index in [1.165, 1.54) is 0 Å². The minimum absolute atomic E-state index is 0.168. The number of hydrogen-bond acceptors (Lipinski definition) is 7. The molecular weight excluding hydrogens is 502 g/mol. The summed E-state index contributed by atoms with van der Waals surface area (Å²) < 4.78 is 11.2. The van der Waals surface area contributed by atoms with Crippen LogP contribution in [0.5, 0.6) is 11.5 Å². The first kappa shape index (κ1) is 25.7. The van der Waals surface area contributed by atoms with Gasteiger partial charge in [-0.05, 0) is 72.5 Å². The topological polar surface area (TPSA) is 93.0 Å². The van der Waals surface area contributed by atoms with Crippen LogP contribution in [0.25, 0.3) is 11.1 Å². The first-order chi connectivity index (χ1) is 19.5. The van der Waals surface area contributed by atoms with Crippen LogP contribution in [0.1, 0.15) is 27.9 Å². The number of aryl methyl sites for hydroxylation is 1. The van der Waals surface area contributed by atoms with Crippen LogP contribution in [0.4, 0.5) is 17.2 Å². The predicted molar refractivity (Wildman–Crippen MR) is 158 cm³/mol. The Morgan fingerprint density at radius 3 is 2.67 bits per heavy atom. The Hall–Kier alpha value is -4.56. The van der Waals surface area contributed by atoms with Crippen LogP contribution in [-0.4, -0.2) is 48.8 Å². The number of hydrogen-bond donors (Lipinski definition) is 2. The molecule has 0 unspecified atom stereocenters. The average Bonchev–Trinajstić information content (AvgIpc) is 3.34. The second-order valence-electron chi connectivity index (χ2n) is 10.3. The first-order valence-electron chi connectivity index (χ1n) is 13.6. The van der Waals surface area contributed by atoms with Crippen molar-refractivity contribution in [2.45, 2.75) is 19.9 Å². The Morgan fingerprint density at radius 2 is 1.85 bits per heavy atom. The molecule has 204 valence electrons. The Morgan fingerprint density at radius 1 is 0.975 bits per heavy atom. The lowest BCUT2D eigenvalue weighted by Gasteiger charge is -2.23. The van der Waals surface area contributed by atoms with Crippen molar-refractivity contribution in [1.29, 1.82) is 0 Å². The molecule has 1 fully saturated rings. The monoisotopic (exact) mass is 535 g/mol. The van der Waals surface area contributed by atoms with Gasteiger partial charge in [-0.1, -0.05) is 30.3 Å². The largest absolute Gasteiger partial charge is 0.454 e. The average molecular weight is 536 g/mol. The standard InChI is InChI=1S/C32H33N5O3/c1-22-6-7-24(18-28(22)23-8-10-26(33)11-9-23)32(38)35-27-12-13-30(34-19-27)37-15-3-14-36(16-17-37)20-25-4-2-5-29-31(25)40-21-39-29/h2,4-13,18-19H,3,14-17,20-21,33H2,1H3,(H,35,38). The van der Waals surface area contributed by atoms with Crippen molar-refractivity contribution in [2.75, 3.05) is 48.9 Å². The summed E-state index contributed by atoms with van der Waals surface area (Å²) in [5, 5.41) is 2.99. The smallest absolute Gasteiger partial charge is 0.255 e. The highest BCUT2D eigenvalue weighted by Crippen LogP contribution is 2.36. The van der Waals surface area contributed by atoms with Crippen LogP contribution in [0.3, 0.4) is 0 Å². The molecule has 8 heteroatoms. The minimum Gasteiger partial charge on any atom is -0.454 e. The van der Waals surface area contributed by atoms with Crippen molar-refractivity contribution in [3.63, 3.8) is 0 Å². The number of nitrogens with two attached hydrogens (primary N) is 1. The zero-order chi connectivity index (χ0) is 27.5. The lowest BCUT2D eigenvalue weighted by atomic mass is 9.97. The van der Waals surface area contributed by atoms with Gasteiger partial charge in [-0.25, -0.2) is 4.98 Å². The molecule has 0 atom stereocenters. The maximum absolute atomic E-state index is 13.1. The van der Waals surface area contributed by atoms with E-state index < -0.39 is 0 Å². The highest BCUT2D eigenvalue weighted by atomic mass is 16.7. The van der Waals surface area contributed by atoms with E-state index in [4.69, 9.17) is 15.2 Å². The van der Waals surface area contributed by atoms with E-state index in [1.807, 2.05) is 73.7 Å². The summed E-state index contributed by atoms with van der Waals surface area (Å²) in [6.07, 6.45) is 2.77. The van der Waals surface area contributed by atoms with Crippen molar-refractivity contribution in [3.05, 3.63) is 95.7 Å². The first-order valence-corrected chi connectivity index (χ1v) is 13.6. The molecule has 0 saturated carbocycles. The van der Waals surface area contributed by atoms with Crippen LogP contribution in [0, 0.1) is 6.92 Å². The fraction of sp³-hybridized carbons (Fsp3) is 0.250. The van der Waals surface area contributed by atoms with Gasteiger partial charge in [0.1, 0.15) is 5.82 Å². The summed E-state index contributed by atoms with van der Waals surface area (Å²) in [7, 11) is 0. The van der Waals surface area contributed by atoms with Crippen molar-refractivity contribution >= 4 is 23.1 Å².